The second-order valence-corrected chi connectivity index (χ2v) is 8.14. The number of amides is 2. The van der Waals surface area contributed by atoms with Crippen LogP contribution >= 0.6 is 0 Å². The van der Waals surface area contributed by atoms with E-state index in [1.54, 1.807) is 4.90 Å². The molecule has 0 aliphatic heterocycles. The van der Waals surface area contributed by atoms with E-state index < -0.39 is 6.04 Å². The second kappa shape index (κ2) is 11.9. The van der Waals surface area contributed by atoms with Crippen LogP contribution in [0.2, 0.25) is 0 Å². The summed E-state index contributed by atoms with van der Waals surface area (Å²) in [5.74, 6) is 0.241. The molecule has 1 N–H and O–H groups in total. The van der Waals surface area contributed by atoms with Crippen molar-refractivity contribution in [2.24, 2.45) is 0 Å². The number of nitrogens with one attached hydrogen (secondary N) is 1. The van der Waals surface area contributed by atoms with Gasteiger partial charge in [-0.15, -0.1) is 0 Å². The van der Waals surface area contributed by atoms with Gasteiger partial charge in [0.2, 0.25) is 5.91 Å². The lowest BCUT2D eigenvalue weighted by atomic mass is 10.0. The number of likely N-dealkylation sites (N-methyl/N-ethyl adjacent to an activating group) is 1. The van der Waals surface area contributed by atoms with Crippen LogP contribution in [0.15, 0.2) is 78.9 Å². The number of hydrogen-bond acceptors (Lipinski definition) is 3. The minimum atomic E-state index is -0.650. The number of nitrogens with zero attached hydrogens (tertiary/aromatic N) is 1. The summed E-state index contributed by atoms with van der Waals surface area (Å²) in [6, 6.07) is 24.6. The molecule has 0 bridgehead atoms. The smallest absolute Gasteiger partial charge is 0.261 e. The molecule has 0 aliphatic rings. The van der Waals surface area contributed by atoms with Crippen molar-refractivity contribution < 1.29 is 14.3 Å². The SMILES string of the molecule is CCNC(=O)[C@@H](Cc1ccccc1)N(Cc1ccccc1)C(=O)COc1ccc(C)c(C)c1. The fourth-order valence-electron chi connectivity index (χ4n) is 3.66. The highest BCUT2D eigenvalue weighted by atomic mass is 16.5. The van der Waals surface area contributed by atoms with Crippen molar-refractivity contribution in [2.75, 3.05) is 13.2 Å². The molecule has 0 aromatic heterocycles. The van der Waals surface area contributed by atoms with Crippen LogP contribution in [0.3, 0.4) is 0 Å². The normalized spacial score (nSPS) is 11.5. The summed E-state index contributed by atoms with van der Waals surface area (Å²) in [5.41, 5.74) is 4.22. The summed E-state index contributed by atoms with van der Waals surface area (Å²) in [6.45, 7) is 6.61. The molecule has 5 heteroatoms. The first-order chi connectivity index (χ1) is 16.0. The highest BCUT2D eigenvalue weighted by Crippen LogP contribution is 2.18. The number of benzene rings is 3. The van der Waals surface area contributed by atoms with Crippen LogP contribution in [0.5, 0.6) is 5.75 Å². The molecule has 33 heavy (non-hydrogen) atoms. The van der Waals surface area contributed by atoms with Crippen LogP contribution in [-0.2, 0) is 22.6 Å². The van der Waals surface area contributed by atoms with Crippen LogP contribution in [0.1, 0.15) is 29.2 Å². The number of rotatable bonds is 10. The number of ether oxygens (including phenoxy) is 1. The van der Waals surface area contributed by atoms with Gasteiger partial charge in [0, 0.05) is 19.5 Å². The summed E-state index contributed by atoms with van der Waals surface area (Å²) in [4.78, 5) is 28.2. The standard InChI is InChI=1S/C28H32N2O3/c1-4-29-28(32)26(18-23-11-7-5-8-12-23)30(19-24-13-9-6-10-14-24)27(31)20-33-25-16-15-21(2)22(3)17-25/h5-17,26H,4,18-20H2,1-3H3,(H,29,32)/t26-/m1/s1. The first kappa shape index (κ1) is 24.1. The first-order valence-electron chi connectivity index (χ1n) is 11.3. The van der Waals surface area contributed by atoms with Gasteiger partial charge < -0.3 is 15.0 Å². The van der Waals surface area contributed by atoms with Gasteiger partial charge in [-0.1, -0.05) is 66.7 Å². The Kier molecular flexibility index (Phi) is 8.64. The number of aryl methyl sites for hydroxylation is 2. The molecular formula is C28H32N2O3. The molecule has 2 amide bonds. The Morgan fingerprint density at radius 2 is 1.52 bits per heavy atom. The van der Waals surface area contributed by atoms with E-state index in [-0.39, 0.29) is 18.4 Å². The third-order valence-corrected chi connectivity index (χ3v) is 5.66. The molecule has 172 valence electrons. The van der Waals surface area contributed by atoms with Gasteiger partial charge in [-0.25, -0.2) is 0 Å². The van der Waals surface area contributed by atoms with E-state index in [0.717, 1.165) is 16.7 Å². The van der Waals surface area contributed by atoms with Crippen molar-refractivity contribution in [3.05, 3.63) is 101 Å². The third-order valence-electron chi connectivity index (χ3n) is 5.66. The van der Waals surface area contributed by atoms with Gasteiger partial charge in [-0.2, -0.15) is 0 Å². The quantitative estimate of drug-likeness (QED) is 0.502. The number of carbonyl (C=O) groups is 2. The Morgan fingerprint density at radius 3 is 2.12 bits per heavy atom. The van der Waals surface area contributed by atoms with Crippen molar-refractivity contribution in [2.45, 2.75) is 39.8 Å². The summed E-state index contributed by atoms with van der Waals surface area (Å²) >= 11 is 0. The van der Waals surface area contributed by atoms with Crippen LogP contribution in [0.4, 0.5) is 0 Å². The predicted molar refractivity (Wildman–Crippen MR) is 131 cm³/mol. The minimum Gasteiger partial charge on any atom is -0.484 e. The molecule has 0 saturated carbocycles. The van der Waals surface area contributed by atoms with Crippen molar-refractivity contribution in [3.8, 4) is 5.75 Å². The summed E-state index contributed by atoms with van der Waals surface area (Å²) in [6.07, 6.45) is 0.425. The average molecular weight is 445 g/mol. The molecule has 0 aliphatic carbocycles. The van der Waals surface area contributed by atoms with E-state index in [2.05, 4.69) is 5.32 Å². The molecule has 3 aromatic carbocycles. The zero-order chi connectivity index (χ0) is 23.6. The minimum absolute atomic E-state index is 0.139. The maximum absolute atomic E-state index is 13.4. The highest BCUT2D eigenvalue weighted by molar-refractivity contribution is 5.88. The van der Waals surface area contributed by atoms with E-state index >= 15 is 0 Å². The van der Waals surface area contributed by atoms with Gasteiger partial charge in [0.25, 0.3) is 5.91 Å². The maximum Gasteiger partial charge on any atom is 0.261 e. The molecule has 0 heterocycles. The molecule has 0 fully saturated rings. The first-order valence-corrected chi connectivity index (χ1v) is 11.3. The molecule has 3 aromatic rings. The lowest BCUT2D eigenvalue weighted by Gasteiger charge is -2.31. The van der Waals surface area contributed by atoms with Gasteiger partial charge >= 0.3 is 0 Å². The van der Waals surface area contributed by atoms with Crippen molar-refractivity contribution in [1.82, 2.24) is 10.2 Å². The van der Waals surface area contributed by atoms with E-state index in [1.807, 2.05) is 99.6 Å². The van der Waals surface area contributed by atoms with Crippen LogP contribution in [0.25, 0.3) is 0 Å². The van der Waals surface area contributed by atoms with E-state index in [9.17, 15) is 9.59 Å². The molecule has 0 spiro atoms. The van der Waals surface area contributed by atoms with E-state index in [1.165, 1.54) is 5.56 Å². The predicted octanol–water partition coefficient (Wildman–Crippen LogP) is 4.46. The molecule has 1 atom stereocenters. The number of carbonyl (C=O) groups excluding carboxylic acids is 2. The zero-order valence-electron chi connectivity index (χ0n) is 19.6. The van der Waals surface area contributed by atoms with Gasteiger partial charge in [0.15, 0.2) is 6.61 Å². The van der Waals surface area contributed by atoms with Gasteiger partial charge in [-0.05, 0) is 55.2 Å². The summed E-state index contributed by atoms with van der Waals surface area (Å²) in [7, 11) is 0. The van der Waals surface area contributed by atoms with E-state index in [4.69, 9.17) is 4.74 Å². The summed E-state index contributed by atoms with van der Waals surface area (Å²) in [5, 5.41) is 2.90. The average Bonchev–Trinajstić information content (AvgIpc) is 2.83. The fraction of sp³-hybridized carbons (Fsp3) is 0.286. The Morgan fingerprint density at radius 1 is 0.879 bits per heavy atom. The Balaban J connectivity index is 1.86. The molecule has 3 rings (SSSR count). The van der Waals surface area contributed by atoms with Gasteiger partial charge in [0.05, 0.1) is 0 Å². The lowest BCUT2D eigenvalue weighted by Crippen LogP contribution is -2.51. The second-order valence-electron chi connectivity index (χ2n) is 8.14. The molecule has 0 unspecified atom stereocenters. The van der Waals surface area contributed by atoms with Crippen molar-refractivity contribution in [3.63, 3.8) is 0 Å². The molecule has 5 nitrogen and oxygen atoms in total. The third kappa shape index (κ3) is 6.94. The Hall–Kier alpha value is -3.60. The summed E-state index contributed by atoms with van der Waals surface area (Å²) < 4.78 is 5.84. The van der Waals surface area contributed by atoms with Crippen LogP contribution in [0, 0.1) is 13.8 Å². The van der Waals surface area contributed by atoms with Gasteiger partial charge in [0.1, 0.15) is 11.8 Å². The molecule has 0 radical (unpaired) electrons. The largest absolute Gasteiger partial charge is 0.484 e. The maximum atomic E-state index is 13.4. The monoisotopic (exact) mass is 444 g/mol. The zero-order valence-corrected chi connectivity index (χ0v) is 19.6. The van der Waals surface area contributed by atoms with Crippen LogP contribution in [-0.4, -0.2) is 35.9 Å². The highest BCUT2D eigenvalue weighted by Gasteiger charge is 2.30. The number of hydrogen-bond donors (Lipinski definition) is 1. The van der Waals surface area contributed by atoms with Gasteiger partial charge in [-0.3, -0.25) is 9.59 Å². The van der Waals surface area contributed by atoms with E-state index in [0.29, 0.717) is 25.3 Å². The Labute approximate surface area is 196 Å². The van der Waals surface area contributed by atoms with Crippen molar-refractivity contribution in [1.29, 1.82) is 0 Å². The van der Waals surface area contributed by atoms with Crippen LogP contribution < -0.4 is 10.1 Å². The fourth-order valence-corrected chi connectivity index (χ4v) is 3.66. The Bertz CT molecular complexity index is 1050. The topological polar surface area (TPSA) is 58.6 Å². The van der Waals surface area contributed by atoms with Crippen molar-refractivity contribution >= 4 is 11.8 Å². The lowest BCUT2D eigenvalue weighted by molar-refractivity contribution is -0.142. The molecule has 0 saturated heterocycles. The molecular weight excluding hydrogens is 412 g/mol.